The summed E-state index contributed by atoms with van der Waals surface area (Å²) in [6, 6.07) is 7.56. The Balaban J connectivity index is 1.53. The zero-order valence-corrected chi connectivity index (χ0v) is 18.4. The number of hydrogen-bond acceptors (Lipinski definition) is 6. The lowest BCUT2D eigenvalue weighted by atomic mass is 10.0. The number of nitrogens with zero attached hydrogens (tertiary/aromatic N) is 2. The molecule has 7 nitrogen and oxygen atoms in total. The fourth-order valence-electron chi connectivity index (χ4n) is 3.69. The topological polar surface area (TPSA) is 97.0 Å². The number of aromatic nitrogens is 2. The Kier molecular flexibility index (Phi) is 7.24. The molecule has 2 heterocycles. The number of aliphatic hydroxyl groups excluding tert-OH is 3. The number of ether oxygens (including phenoxy) is 2. The van der Waals surface area contributed by atoms with E-state index in [0.717, 1.165) is 6.07 Å². The molecule has 34 heavy (non-hydrogen) atoms. The molecule has 0 spiro atoms. The van der Waals surface area contributed by atoms with E-state index in [-0.39, 0.29) is 36.7 Å². The Morgan fingerprint density at radius 1 is 1.18 bits per heavy atom. The zero-order chi connectivity index (χ0) is 24.2. The van der Waals surface area contributed by atoms with Gasteiger partial charge in [0.25, 0.3) is 0 Å². The average molecular weight is 470 g/mol. The minimum atomic E-state index is -0.842. The highest BCUT2D eigenvalue weighted by Gasteiger charge is 2.28. The van der Waals surface area contributed by atoms with E-state index < -0.39 is 36.0 Å². The zero-order valence-electron chi connectivity index (χ0n) is 18.4. The van der Waals surface area contributed by atoms with E-state index in [4.69, 9.17) is 9.47 Å². The van der Waals surface area contributed by atoms with E-state index in [2.05, 4.69) is 16.8 Å². The maximum absolute atomic E-state index is 14.8. The first kappa shape index (κ1) is 23.9. The molecule has 0 amide bonds. The highest BCUT2D eigenvalue weighted by Crippen LogP contribution is 2.30. The largest absolute Gasteiger partial charge is 0.485 e. The molecular weight excluding hydrogens is 446 g/mol. The van der Waals surface area contributed by atoms with Gasteiger partial charge in [0, 0.05) is 35.2 Å². The van der Waals surface area contributed by atoms with Crippen LogP contribution >= 0.6 is 0 Å². The summed E-state index contributed by atoms with van der Waals surface area (Å²) in [5.74, 6) is 4.89. The predicted octanol–water partition coefficient (Wildman–Crippen LogP) is 2.61. The van der Waals surface area contributed by atoms with Gasteiger partial charge in [0.2, 0.25) is 0 Å². The summed E-state index contributed by atoms with van der Waals surface area (Å²) in [7, 11) is 0. The van der Waals surface area contributed by atoms with Crippen molar-refractivity contribution in [3.8, 4) is 28.7 Å². The third-order valence-electron chi connectivity index (χ3n) is 5.45. The number of rotatable bonds is 6. The van der Waals surface area contributed by atoms with Crippen LogP contribution in [-0.2, 0) is 4.74 Å². The standard InChI is InChI=1S/C25H24F2N2O5/c1-15(31)25-28-8-9-29(25)17(12-30)4-2-16-3-6-19(21(26)10-16)20-7-5-18(11-22(20)27)34-24-14-33-13-23(24)32/h3,5-11,15,17,23-24,30-32H,12-14H2,1H3/t15-,17-,23+,24+/m0/s1. The van der Waals surface area contributed by atoms with E-state index in [1.165, 1.54) is 30.5 Å². The van der Waals surface area contributed by atoms with Crippen LogP contribution in [0.3, 0.4) is 0 Å². The van der Waals surface area contributed by atoms with E-state index in [1.807, 2.05) is 0 Å². The van der Waals surface area contributed by atoms with Crippen molar-refractivity contribution in [2.24, 2.45) is 0 Å². The number of aliphatic hydroxyl groups is 3. The highest BCUT2D eigenvalue weighted by molar-refractivity contribution is 5.66. The van der Waals surface area contributed by atoms with Gasteiger partial charge in [-0.15, -0.1) is 0 Å². The molecule has 178 valence electrons. The van der Waals surface area contributed by atoms with Crippen molar-refractivity contribution >= 4 is 0 Å². The number of benzene rings is 2. The van der Waals surface area contributed by atoms with Gasteiger partial charge in [-0.1, -0.05) is 17.9 Å². The van der Waals surface area contributed by atoms with Gasteiger partial charge in [0.05, 0.1) is 19.8 Å². The van der Waals surface area contributed by atoms with Gasteiger partial charge < -0.3 is 29.4 Å². The minimum absolute atomic E-state index is 0.0563. The number of imidazole rings is 1. The molecule has 0 aliphatic carbocycles. The predicted molar refractivity (Wildman–Crippen MR) is 119 cm³/mol. The Morgan fingerprint density at radius 3 is 2.53 bits per heavy atom. The minimum Gasteiger partial charge on any atom is -0.485 e. The summed E-state index contributed by atoms with van der Waals surface area (Å²) in [6.07, 6.45) is 0.881. The molecule has 3 N–H and O–H groups in total. The molecule has 3 aromatic rings. The fourth-order valence-corrected chi connectivity index (χ4v) is 3.69. The van der Waals surface area contributed by atoms with Crippen molar-refractivity contribution in [3.05, 3.63) is 71.8 Å². The lowest BCUT2D eigenvalue weighted by Gasteiger charge is -2.16. The van der Waals surface area contributed by atoms with Gasteiger partial charge in [0.15, 0.2) is 0 Å². The molecule has 9 heteroatoms. The van der Waals surface area contributed by atoms with Crippen molar-refractivity contribution in [1.82, 2.24) is 9.55 Å². The van der Waals surface area contributed by atoms with Crippen LogP contribution in [0.4, 0.5) is 8.78 Å². The maximum Gasteiger partial charge on any atom is 0.150 e. The smallest absolute Gasteiger partial charge is 0.150 e. The number of halogens is 2. The third-order valence-corrected chi connectivity index (χ3v) is 5.45. The Bertz CT molecular complexity index is 1220. The van der Waals surface area contributed by atoms with Crippen LogP contribution in [0.2, 0.25) is 0 Å². The van der Waals surface area contributed by atoms with Crippen molar-refractivity contribution in [2.45, 2.75) is 31.3 Å². The third kappa shape index (κ3) is 5.11. The summed E-state index contributed by atoms with van der Waals surface area (Å²) >= 11 is 0. The van der Waals surface area contributed by atoms with Crippen LogP contribution in [-0.4, -0.2) is 56.9 Å². The van der Waals surface area contributed by atoms with Gasteiger partial charge in [-0.05, 0) is 31.2 Å². The van der Waals surface area contributed by atoms with Crippen LogP contribution in [0.15, 0.2) is 48.8 Å². The molecule has 0 bridgehead atoms. The van der Waals surface area contributed by atoms with Crippen LogP contribution in [0, 0.1) is 23.5 Å². The summed E-state index contributed by atoms with van der Waals surface area (Å²) in [6.45, 7) is 1.60. The molecule has 4 rings (SSSR count). The summed E-state index contributed by atoms with van der Waals surface area (Å²) in [4.78, 5) is 4.06. The van der Waals surface area contributed by atoms with E-state index in [1.54, 1.807) is 23.8 Å². The monoisotopic (exact) mass is 470 g/mol. The van der Waals surface area contributed by atoms with Gasteiger partial charge in [-0.3, -0.25) is 0 Å². The molecule has 1 aliphatic rings. The van der Waals surface area contributed by atoms with Gasteiger partial charge in [-0.2, -0.15) is 0 Å². The van der Waals surface area contributed by atoms with Crippen molar-refractivity contribution < 1.29 is 33.6 Å². The van der Waals surface area contributed by atoms with Crippen molar-refractivity contribution in [1.29, 1.82) is 0 Å². The van der Waals surface area contributed by atoms with Gasteiger partial charge >= 0.3 is 0 Å². The first-order valence-electron chi connectivity index (χ1n) is 10.7. The Morgan fingerprint density at radius 2 is 1.91 bits per heavy atom. The quantitative estimate of drug-likeness (QED) is 0.480. The summed E-state index contributed by atoms with van der Waals surface area (Å²) < 4.78 is 41.8. The lowest BCUT2D eigenvalue weighted by Crippen LogP contribution is -2.29. The summed E-state index contributed by atoms with van der Waals surface area (Å²) in [5, 5.41) is 29.3. The summed E-state index contributed by atoms with van der Waals surface area (Å²) in [5.41, 5.74) is 0.457. The van der Waals surface area contributed by atoms with E-state index in [9.17, 15) is 24.1 Å². The lowest BCUT2D eigenvalue weighted by molar-refractivity contribution is 0.0731. The normalized spacial score (nSPS) is 19.4. The van der Waals surface area contributed by atoms with E-state index >= 15 is 0 Å². The van der Waals surface area contributed by atoms with Crippen molar-refractivity contribution in [2.75, 3.05) is 19.8 Å². The first-order valence-corrected chi connectivity index (χ1v) is 10.7. The van der Waals surface area contributed by atoms with E-state index in [0.29, 0.717) is 11.4 Å². The molecule has 1 fully saturated rings. The molecule has 1 aromatic heterocycles. The van der Waals surface area contributed by atoms with Crippen LogP contribution in [0.25, 0.3) is 11.1 Å². The second kappa shape index (κ2) is 10.3. The first-order chi connectivity index (χ1) is 16.4. The van der Waals surface area contributed by atoms with Crippen LogP contribution in [0.5, 0.6) is 5.75 Å². The Labute approximate surface area is 195 Å². The second-order valence-corrected chi connectivity index (χ2v) is 7.93. The SMILES string of the molecule is C[C@H](O)c1nccn1[C@@H](C#Cc1ccc(-c2ccc(O[C@@H]3COC[C@H]3O)cc2F)c(F)c1)CO. The van der Waals surface area contributed by atoms with Crippen LogP contribution < -0.4 is 4.74 Å². The Hall–Kier alpha value is -3.29. The molecule has 0 saturated carbocycles. The fraction of sp³-hybridized carbons (Fsp3) is 0.320. The molecule has 1 saturated heterocycles. The average Bonchev–Trinajstić information content (AvgIpc) is 3.45. The number of hydrogen-bond donors (Lipinski definition) is 3. The van der Waals surface area contributed by atoms with Gasteiger partial charge in [-0.25, -0.2) is 13.8 Å². The molecule has 2 aromatic carbocycles. The van der Waals surface area contributed by atoms with Gasteiger partial charge in [0.1, 0.15) is 47.6 Å². The molecule has 0 radical (unpaired) electrons. The highest BCUT2D eigenvalue weighted by atomic mass is 19.1. The molecular formula is C25H24F2N2O5. The maximum atomic E-state index is 14.8. The molecule has 1 aliphatic heterocycles. The molecule has 0 unspecified atom stereocenters. The van der Waals surface area contributed by atoms with Crippen LogP contribution in [0.1, 0.15) is 30.5 Å². The second-order valence-electron chi connectivity index (χ2n) is 7.93. The van der Waals surface area contributed by atoms with Crippen molar-refractivity contribution in [3.63, 3.8) is 0 Å². The molecule has 4 atom stereocenters.